The standard InChI is InChI=1S/C11H10IN3O2/c1-7-14-10(15-17-7)6-13-11(16)8-4-2-3-5-9(8)12/h2-5H,6H2,1H3,(H,13,16). The van der Waals surface area contributed by atoms with Crippen LogP contribution in [0.15, 0.2) is 28.8 Å². The van der Waals surface area contributed by atoms with E-state index in [1.54, 1.807) is 13.0 Å². The minimum atomic E-state index is -0.141. The molecule has 0 saturated heterocycles. The summed E-state index contributed by atoms with van der Waals surface area (Å²) in [4.78, 5) is 15.8. The third kappa shape index (κ3) is 3.02. The van der Waals surface area contributed by atoms with Gasteiger partial charge in [-0.2, -0.15) is 4.98 Å². The Morgan fingerprint density at radius 1 is 1.47 bits per heavy atom. The van der Waals surface area contributed by atoms with Crippen molar-refractivity contribution in [2.75, 3.05) is 0 Å². The maximum Gasteiger partial charge on any atom is 0.252 e. The predicted molar refractivity (Wildman–Crippen MR) is 69.4 cm³/mol. The quantitative estimate of drug-likeness (QED) is 0.865. The molecule has 2 rings (SSSR count). The van der Waals surface area contributed by atoms with Gasteiger partial charge in [-0.05, 0) is 34.7 Å². The van der Waals surface area contributed by atoms with Crippen LogP contribution < -0.4 is 5.32 Å². The number of aryl methyl sites for hydroxylation is 1. The maximum absolute atomic E-state index is 11.8. The number of carbonyl (C=O) groups is 1. The van der Waals surface area contributed by atoms with Crippen molar-refractivity contribution in [3.05, 3.63) is 45.1 Å². The molecule has 0 unspecified atom stereocenters. The molecule has 0 aliphatic heterocycles. The third-order valence-corrected chi connectivity index (χ3v) is 3.04. The maximum atomic E-state index is 11.8. The first kappa shape index (κ1) is 12.0. The number of hydrogen-bond acceptors (Lipinski definition) is 4. The first-order valence-corrected chi connectivity index (χ1v) is 6.06. The molecule has 1 aromatic heterocycles. The zero-order valence-electron chi connectivity index (χ0n) is 9.11. The Hall–Kier alpha value is -1.44. The molecule has 88 valence electrons. The second-order valence-corrected chi connectivity index (χ2v) is 4.55. The van der Waals surface area contributed by atoms with Crippen LogP contribution in [0.5, 0.6) is 0 Å². The molecule has 0 aliphatic rings. The first-order chi connectivity index (χ1) is 8.16. The predicted octanol–water partition coefficient (Wildman–Crippen LogP) is 1.91. The molecule has 0 saturated carbocycles. The van der Waals surface area contributed by atoms with Gasteiger partial charge in [-0.15, -0.1) is 0 Å². The van der Waals surface area contributed by atoms with Crippen molar-refractivity contribution < 1.29 is 9.32 Å². The number of nitrogens with one attached hydrogen (secondary N) is 1. The molecule has 2 aromatic rings. The molecular weight excluding hydrogens is 333 g/mol. The van der Waals surface area contributed by atoms with Gasteiger partial charge >= 0.3 is 0 Å². The Kier molecular flexibility index (Phi) is 3.72. The molecule has 1 amide bonds. The fourth-order valence-corrected chi connectivity index (χ4v) is 1.95. The normalized spacial score (nSPS) is 10.2. The molecule has 0 fully saturated rings. The second-order valence-electron chi connectivity index (χ2n) is 3.39. The van der Waals surface area contributed by atoms with Crippen molar-refractivity contribution in [3.63, 3.8) is 0 Å². The lowest BCUT2D eigenvalue weighted by Crippen LogP contribution is -2.24. The van der Waals surface area contributed by atoms with E-state index in [0.29, 0.717) is 17.3 Å². The number of carbonyl (C=O) groups excluding carboxylic acids is 1. The van der Waals surface area contributed by atoms with E-state index in [0.717, 1.165) is 3.57 Å². The summed E-state index contributed by atoms with van der Waals surface area (Å²) < 4.78 is 5.72. The average molecular weight is 343 g/mol. The lowest BCUT2D eigenvalue weighted by Gasteiger charge is -2.04. The van der Waals surface area contributed by atoms with Gasteiger partial charge in [-0.25, -0.2) is 0 Å². The number of aromatic nitrogens is 2. The summed E-state index contributed by atoms with van der Waals surface area (Å²) in [6, 6.07) is 7.38. The largest absolute Gasteiger partial charge is 0.345 e. The third-order valence-electron chi connectivity index (χ3n) is 2.10. The molecule has 17 heavy (non-hydrogen) atoms. The lowest BCUT2D eigenvalue weighted by molar-refractivity contribution is 0.0948. The van der Waals surface area contributed by atoms with E-state index in [9.17, 15) is 4.79 Å². The molecule has 0 radical (unpaired) electrons. The van der Waals surface area contributed by atoms with Crippen LogP contribution in [0, 0.1) is 10.5 Å². The van der Waals surface area contributed by atoms with Gasteiger partial charge in [0.15, 0.2) is 5.82 Å². The van der Waals surface area contributed by atoms with Gasteiger partial charge in [0.05, 0.1) is 12.1 Å². The molecule has 0 aliphatic carbocycles. The fourth-order valence-electron chi connectivity index (χ4n) is 1.31. The van der Waals surface area contributed by atoms with E-state index in [4.69, 9.17) is 4.52 Å². The van der Waals surface area contributed by atoms with Gasteiger partial charge in [0, 0.05) is 10.5 Å². The van der Waals surface area contributed by atoms with Gasteiger partial charge in [0.2, 0.25) is 5.89 Å². The van der Waals surface area contributed by atoms with Crippen LogP contribution >= 0.6 is 22.6 Å². The van der Waals surface area contributed by atoms with Gasteiger partial charge in [0.1, 0.15) is 0 Å². The lowest BCUT2D eigenvalue weighted by atomic mass is 10.2. The second kappa shape index (κ2) is 5.26. The van der Waals surface area contributed by atoms with Crippen LogP contribution in [0.2, 0.25) is 0 Å². The summed E-state index contributed by atoms with van der Waals surface area (Å²) >= 11 is 2.12. The highest BCUT2D eigenvalue weighted by Gasteiger charge is 2.10. The Morgan fingerprint density at radius 3 is 2.88 bits per heavy atom. The topological polar surface area (TPSA) is 68.0 Å². The number of benzene rings is 1. The molecule has 6 heteroatoms. The van der Waals surface area contributed by atoms with Gasteiger partial charge in [-0.1, -0.05) is 17.3 Å². The monoisotopic (exact) mass is 343 g/mol. The number of nitrogens with zero attached hydrogens (tertiary/aromatic N) is 2. The van der Waals surface area contributed by atoms with Crippen molar-refractivity contribution in [1.82, 2.24) is 15.5 Å². The molecule has 1 aromatic carbocycles. The van der Waals surface area contributed by atoms with Crippen LogP contribution in [0.3, 0.4) is 0 Å². The van der Waals surface area contributed by atoms with Crippen LogP contribution in [-0.4, -0.2) is 16.0 Å². The van der Waals surface area contributed by atoms with Crippen molar-refractivity contribution in [2.24, 2.45) is 0 Å². The zero-order chi connectivity index (χ0) is 12.3. The highest BCUT2D eigenvalue weighted by Crippen LogP contribution is 2.11. The highest BCUT2D eigenvalue weighted by molar-refractivity contribution is 14.1. The summed E-state index contributed by atoms with van der Waals surface area (Å²) in [6.45, 7) is 1.97. The molecule has 0 atom stereocenters. The average Bonchev–Trinajstić information content (AvgIpc) is 2.73. The Labute approximate surface area is 112 Å². The number of hydrogen-bond donors (Lipinski definition) is 1. The minimum Gasteiger partial charge on any atom is -0.345 e. The van der Waals surface area contributed by atoms with E-state index < -0.39 is 0 Å². The fraction of sp³-hybridized carbons (Fsp3) is 0.182. The number of rotatable bonds is 3. The van der Waals surface area contributed by atoms with Crippen molar-refractivity contribution >= 4 is 28.5 Å². The van der Waals surface area contributed by atoms with E-state index in [2.05, 4.69) is 38.0 Å². The molecule has 1 heterocycles. The summed E-state index contributed by atoms with van der Waals surface area (Å²) in [5, 5.41) is 6.44. The smallest absolute Gasteiger partial charge is 0.252 e. The minimum absolute atomic E-state index is 0.141. The SMILES string of the molecule is Cc1nc(CNC(=O)c2ccccc2I)no1. The summed E-state index contributed by atoms with van der Waals surface area (Å²) in [5.74, 6) is 0.822. The zero-order valence-corrected chi connectivity index (χ0v) is 11.3. The Balaban J connectivity index is 2.01. The summed E-state index contributed by atoms with van der Waals surface area (Å²) in [5.41, 5.74) is 0.647. The molecule has 0 spiro atoms. The molecular formula is C11H10IN3O2. The van der Waals surface area contributed by atoms with E-state index >= 15 is 0 Å². The Bertz CT molecular complexity index is 539. The van der Waals surface area contributed by atoms with Crippen LogP contribution in [0.1, 0.15) is 22.1 Å². The van der Waals surface area contributed by atoms with Crippen molar-refractivity contribution in [1.29, 1.82) is 0 Å². The highest BCUT2D eigenvalue weighted by atomic mass is 127. The van der Waals surface area contributed by atoms with Gasteiger partial charge in [0.25, 0.3) is 5.91 Å². The molecule has 0 bridgehead atoms. The van der Waals surface area contributed by atoms with Gasteiger partial charge in [-0.3, -0.25) is 4.79 Å². The first-order valence-electron chi connectivity index (χ1n) is 4.99. The van der Waals surface area contributed by atoms with E-state index in [-0.39, 0.29) is 12.5 Å². The van der Waals surface area contributed by atoms with Crippen LogP contribution in [0.25, 0.3) is 0 Å². The van der Waals surface area contributed by atoms with E-state index in [1.807, 2.05) is 18.2 Å². The number of halogens is 1. The Morgan fingerprint density at radius 2 is 2.24 bits per heavy atom. The van der Waals surface area contributed by atoms with E-state index in [1.165, 1.54) is 0 Å². The van der Waals surface area contributed by atoms with Crippen LogP contribution in [-0.2, 0) is 6.54 Å². The van der Waals surface area contributed by atoms with Crippen molar-refractivity contribution in [3.8, 4) is 0 Å². The molecule has 5 nitrogen and oxygen atoms in total. The summed E-state index contributed by atoms with van der Waals surface area (Å²) in [6.07, 6.45) is 0. The summed E-state index contributed by atoms with van der Waals surface area (Å²) in [7, 11) is 0. The van der Waals surface area contributed by atoms with Crippen molar-refractivity contribution in [2.45, 2.75) is 13.5 Å². The number of amides is 1. The van der Waals surface area contributed by atoms with Gasteiger partial charge < -0.3 is 9.84 Å². The molecule has 1 N–H and O–H groups in total. The van der Waals surface area contributed by atoms with Crippen LogP contribution in [0.4, 0.5) is 0 Å².